The number of benzene rings is 1. The lowest BCUT2D eigenvalue weighted by Crippen LogP contribution is -2.39. The lowest BCUT2D eigenvalue weighted by molar-refractivity contribution is 0.0372. The first-order valence-corrected chi connectivity index (χ1v) is 8.65. The first-order chi connectivity index (χ1) is 11.7. The smallest absolute Gasteiger partial charge is 0.193 e. The summed E-state index contributed by atoms with van der Waals surface area (Å²) in [6, 6.07) is 6.69. The minimum atomic E-state index is -0.202. The number of halogens is 1. The summed E-state index contributed by atoms with van der Waals surface area (Å²) < 4.78 is 18.6. The van der Waals surface area contributed by atoms with Crippen molar-refractivity contribution in [1.82, 2.24) is 15.1 Å². The lowest BCUT2D eigenvalue weighted by atomic mass is 10.2. The molecule has 0 radical (unpaired) electrons. The molecular weight excluding hydrogens is 307 g/mol. The van der Waals surface area contributed by atoms with E-state index in [4.69, 9.17) is 4.74 Å². The summed E-state index contributed by atoms with van der Waals surface area (Å²) in [5.41, 5.74) is 0.938. The summed E-state index contributed by atoms with van der Waals surface area (Å²) in [4.78, 5) is 8.77. The molecule has 1 fully saturated rings. The van der Waals surface area contributed by atoms with Crippen LogP contribution in [0, 0.1) is 5.82 Å². The van der Waals surface area contributed by atoms with E-state index in [9.17, 15) is 4.39 Å². The SMILES string of the molecule is CN=C(NCCCCN1CCOCC1)N(C)Cc1cccc(F)c1. The Morgan fingerprint density at radius 1 is 1.33 bits per heavy atom. The molecule has 5 nitrogen and oxygen atoms in total. The molecule has 1 aromatic carbocycles. The van der Waals surface area contributed by atoms with Crippen LogP contribution in [-0.4, -0.2) is 69.2 Å². The van der Waals surface area contributed by atoms with Crippen molar-refractivity contribution < 1.29 is 9.13 Å². The summed E-state index contributed by atoms with van der Waals surface area (Å²) in [6.45, 7) is 6.46. The third-order valence-corrected chi connectivity index (χ3v) is 4.17. The van der Waals surface area contributed by atoms with E-state index in [1.165, 1.54) is 6.07 Å². The van der Waals surface area contributed by atoms with Crippen molar-refractivity contribution in [3.8, 4) is 0 Å². The van der Waals surface area contributed by atoms with E-state index in [-0.39, 0.29) is 5.82 Å². The average molecular weight is 336 g/mol. The quantitative estimate of drug-likeness (QED) is 0.469. The van der Waals surface area contributed by atoms with Crippen LogP contribution in [0.1, 0.15) is 18.4 Å². The van der Waals surface area contributed by atoms with Crippen molar-refractivity contribution in [3.63, 3.8) is 0 Å². The van der Waals surface area contributed by atoms with Gasteiger partial charge < -0.3 is 15.0 Å². The van der Waals surface area contributed by atoms with Gasteiger partial charge in [-0.25, -0.2) is 4.39 Å². The van der Waals surface area contributed by atoms with E-state index < -0.39 is 0 Å². The molecule has 1 aliphatic rings. The second kappa shape index (κ2) is 10.3. The van der Waals surface area contributed by atoms with Crippen LogP contribution in [0.15, 0.2) is 29.3 Å². The lowest BCUT2D eigenvalue weighted by Gasteiger charge is -2.26. The molecule has 1 heterocycles. The van der Waals surface area contributed by atoms with Crippen LogP contribution < -0.4 is 5.32 Å². The van der Waals surface area contributed by atoms with Crippen molar-refractivity contribution in [2.75, 3.05) is 53.5 Å². The molecule has 1 saturated heterocycles. The van der Waals surface area contributed by atoms with Gasteiger partial charge in [0.05, 0.1) is 13.2 Å². The largest absolute Gasteiger partial charge is 0.379 e. The van der Waals surface area contributed by atoms with Gasteiger partial charge in [-0.2, -0.15) is 0 Å². The first-order valence-electron chi connectivity index (χ1n) is 8.65. The number of guanidine groups is 1. The van der Waals surface area contributed by atoms with E-state index in [2.05, 4.69) is 15.2 Å². The highest BCUT2D eigenvalue weighted by molar-refractivity contribution is 5.79. The molecular formula is C18H29FN4O. The van der Waals surface area contributed by atoms with Crippen LogP contribution in [0.25, 0.3) is 0 Å². The van der Waals surface area contributed by atoms with E-state index in [0.717, 1.165) is 63.8 Å². The van der Waals surface area contributed by atoms with Gasteiger partial charge in [-0.15, -0.1) is 0 Å². The minimum Gasteiger partial charge on any atom is -0.379 e. The number of nitrogens with one attached hydrogen (secondary N) is 1. The number of nitrogens with zero attached hydrogens (tertiary/aromatic N) is 3. The molecule has 1 aromatic rings. The fourth-order valence-electron chi connectivity index (χ4n) is 2.85. The summed E-state index contributed by atoms with van der Waals surface area (Å²) in [6.07, 6.45) is 2.27. The predicted octanol–water partition coefficient (Wildman–Crippen LogP) is 1.95. The van der Waals surface area contributed by atoms with Crippen LogP contribution in [0.2, 0.25) is 0 Å². The van der Waals surface area contributed by atoms with Gasteiger partial charge in [0.15, 0.2) is 5.96 Å². The van der Waals surface area contributed by atoms with Crippen LogP contribution in [-0.2, 0) is 11.3 Å². The van der Waals surface area contributed by atoms with Crippen LogP contribution in [0.4, 0.5) is 4.39 Å². The number of unbranched alkanes of at least 4 members (excludes halogenated alkanes) is 1. The Morgan fingerprint density at radius 2 is 2.12 bits per heavy atom. The molecule has 1 aliphatic heterocycles. The van der Waals surface area contributed by atoms with E-state index in [0.29, 0.717) is 6.54 Å². The minimum absolute atomic E-state index is 0.202. The fourth-order valence-corrected chi connectivity index (χ4v) is 2.85. The molecule has 24 heavy (non-hydrogen) atoms. The Kier molecular flexibility index (Phi) is 7.98. The molecule has 0 amide bonds. The average Bonchev–Trinajstić information content (AvgIpc) is 2.59. The third-order valence-electron chi connectivity index (χ3n) is 4.17. The summed E-state index contributed by atoms with van der Waals surface area (Å²) in [5.74, 6) is 0.637. The number of ether oxygens (including phenoxy) is 1. The van der Waals surface area contributed by atoms with E-state index in [1.807, 2.05) is 18.0 Å². The molecule has 0 atom stereocenters. The van der Waals surface area contributed by atoms with Crippen molar-refractivity contribution in [3.05, 3.63) is 35.6 Å². The highest BCUT2D eigenvalue weighted by atomic mass is 19.1. The van der Waals surface area contributed by atoms with Gasteiger partial charge in [0.25, 0.3) is 0 Å². The van der Waals surface area contributed by atoms with E-state index in [1.54, 1.807) is 19.2 Å². The summed E-state index contributed by atoms with van der Waals surface area (Å²) >= 11 is 0. The van der Waals surface area contributed by atoms with Crippen LogP contribution >= 0.6 is 0 Å². The molecule has 1 N–H and O–H groups in total. The number of aliphatic imine (C=N–C) groups is 1. The van der Waals surface area contributed by atoms with Gasteiger partial charge in [0, 0.05) is 40.3 Å². The zero-order valence-electron chi connectivity index (χ0n) is 14.8. The first kappa shape index (κ1) is 18.7. The third kappa shape index (κ3) is 6.45. The van der Waals surface area contributed by atoms with Gasteiger partial charge >= 0.3 is 0 Å². The topological polar surface area (TPSA) is 40.1 Å². The van der Waals surface area contributed by atoms with Crippen molar-refractivity contribution in [2.24, 2.45) is 4.99 Å². The highest BCUT2D eigenvalue weighted by Crippen LogP contribution is 2.06. The zero-order valence-corrected chi connectivity index (χ0v) is 14.8. The Hall–Kier alpha value is -1.66. The van der Waals surface area contributed by atoms with Crippen molar-refractivity contribution in [1.29, 1.82) is 0 Å². The molecule has 6 heteroatoms. The number of rotatable bonds is 7. The Balaban J connectivity index is 1.65. The van der Waals surface area contributed by atoms with Crippen molar-refractivity contribution in [2.45, 2.75) is 19.4 Å². The Bertz CT molecular complexity index is 517. The monoisotopic (exact) mass is 336 g/mol. The fraction of sp³-hybridized carbons (Fsp3) is 0.611. The molecule has 0 saturated carbocycles. The number of morpholine rings is 1. The normalized spacial score (nSPS) is 16.2. The predicted molar refractivity (Wildman–Crippen MR) is 95.7 cm³/mol. The number of hydrogen-bond donors (Lipinski definition) is 1. The Labute approximate surface area is 144 Å². The van der Waals surface area contributed by atoms with Gasteiger partial charge in [0.2, 0.25) is 0 Å². The van der Waals surface area contributed by atoms with Gasteiger partial charge in [0.1, 0.15) is 5.82 Å². The highest BCUT2D eigenvalue weighted by Gasteiger charge is 2.10. The van der Waals surface area contributed by atoms with Crippen molar-refractivity contribution >= 4 is 5.96 Å². The zero-order chi connectivity index (χ0) is 17.2. The van der Waals surface area contributed by atoms with Crippen LogP contribution in [0.5, 0.6) is 0 Å². The summed E-state index contributed by atoms with van der Waals surface area (Å²) in [7, 11) is 3.74. The molecule has 0 bridgehead atoms. The molecule has 0 unspecified atom stereocenters. The summed E-state index contributed by atoms with van der Waals surface area (Å²) in [5, 5.41) is 3.38. The van der Waals surface area contributed by atoms with Gasteiger partial charge in [-0.3, -0.25) is 9.89 Å². The Morgan fingerprint density at radius 3 is 2.83 bits per heavy atom. The maximum atomic E-state index is 13.3. The molecule has 2 rings (SSSR count). The van der Waals surface area contributed by atoms with Crippen LogP contribution in [0.3, 0.4) is 0 Å². The molecule has 0 aromatic heterocycles. The van der Waals surface area contributed by atoms with Gasteiger partial charge in [-0.05, 0) is 37.1 Å². The second-order valence-corrected chi connectivity index (χ2v) is 6.12. The van der Waals surface area contributed by atoms with Gasteiger partial charge in [-0.1, -0.05) is 12.1 Å². The standard InChI is InChI=1S/C18H29FN4O/c1-20-18(22(2)15-16-6-5-7-17(19)14-16)21-8-3-4-9-23-10-12-24-13-11-23/h5-7,14H,3-4,8-13,15H2,1-2H3,(H,20,21). The maximum absolute atomic E-state index is 13.3. The number of hydrogen-bond acceptors (Lipinski definition) is 3. The molecule has 0 spiro atoms. The molecule has 134 valence electrons. The molecule has 0 aliphatic carbocycles. The van der Waals surface area contributed by atoms with E-state index >= 15 is 0 Å². The maximum Gasteiger partial charge on any atom is 0.193 e. The second-order valence-electron chi connectivity index (χ2n) is 6.12.